The number of hydrogen-bond donors (Lipinski definition) is 0. The highest BCUT2D eigenvalue weighted by Gasteiger charge is 2.23. The Labute approximate surface area is 315 Å². The minimum Gasteiger partial charge on any atom is -0.464 e. The summed E-state index contributed by atoms with van der Waals surface area (Å²) in [5.74, 6) is 0. The molecule has 9 aromatic carbocycles. The highest BCUT2D eigenvalue weighted by Crippen LogP contribution is 2.48. The number of rotatable bonds is 4. The lowest BCUT2D eigenvalue weighted by Gasteiger charge is -2.18. The van der Waals surface area contributed by atoms with Crippen LogP contribution in [-0.2, 0) is 0 Å². The zero-order valence-corrected chi connectivity index (χ0v) is 29.7. The summed E-state index contributed by atoms with van der Waals surface area (Å²) in [5.41, 5.74) is 13.1. The van der Waals surface area contributed by atoms with Gasteiger partial charge in [-0.15, -0.1) is 0 Å². The summed E-state index contributed by atoms with van der Waals surface area (Å²) in [6, 6.07) is 65.4. The number of hydrogen-bond acceptors (Lipinski definition) is 2. The van der Waals surface area contributed by atoms with Gasteiger partial charge in [-0.3, -0.25) is 0 Å². The van der Waals surface area contributed by atoms with E-state index in [1.54, 1.807) is 0 Å². The molecule has 12 rings (SSSR count). The predicted octanol–water partition coefficient (Wildman–Crippen LogP) is 14.7. The third-order valence-electron chi connectivity index (χ3n) is 11.5. The zero-order chi connectivity index (χ0) is 36.0. The Morgan fingerprint density at radius 2 is 0.982 bits per heavy atom. The van der Waals surface area contributed by atoms with Crippen LogP contribution in [0.4, 0.5) is 0 Å². The summed E-state index contributed by atoms with van der Waals surface area (Å²) in [6.07, 6.45) is 1.85. The second kappa shape index (κ2) is 11.6. The minimum absolute atomic E-state index is 0.820. The Balaban J connectivity index is 1.14. The molecule has 256 valence electrons. The molecule has 0 aliphatic rings. The fourth-order valence-electron chi connectivity index (χ4n) is 9.15. The van der Waals surface area contributed by atoms with Crippen LogP contribution in [0.5, 0.6) is 0 Å². The van der Waals surface area contributed by atoms with E-state index in [9.17, 15) is 0 Å². The molecular formula is C52H31NO2. The first-order valence-electron chi connectivity index (χ1n) is 18.8. The Kier molecular flexibility index (Phi) is 6.34. The molecule has 3 nitrogen and oxygen atoms in total. The van der Waals surface area contributed by atoms with Gasteiger partial charge in [-0.25, -0.2) is 0 Å². The van der Waals surface area contributed by atoms with E-state index in [0.717, 1.165) is 55.3 Å². The predicted molar refractivity (Wildman–Crippen MR) is 229 cm³/mol. The summed E-state index contributed by atoms with van der Waals surface area (Å²) < 4.78 is 15.1. The van der Waals surface area contributed by atoms with Gasteiger partial charge in [0, 0.05) is 32.8 Å². The monoisotopic (exact) mass is 701 g/mol. The summed E-state index contributed by atoms with van der Waals surface area (Å²) >= 11 is 0. The van der Waals surface area contributed by atoms with Gasteiger partial charge in [0.25, 0.3) is 0 Å². The summed E-state index contributed by atoms with van der Waals surface area (Å²) in [5, 5.41) is 10.6. The average Bonchev–Trinajstić information content (AvgIpc) is 3.95. The number of furan rings is 2. The maximum atomic E-state index is 6.68. The smallest absolute Gasteiger partial charge is 0.147 e. The van der Waals surface area contributed by atoms with E-state index in [4.69, 9.17) is 8.83 Å². The lowest BCUT2D eigenvalue weighted by atomic mass is 9.84. The van der Waals surface area contributed by atoms with Gasteiger partial charge in [-0.1, -0.05) is 133 Å². The SMILES string of the molecule is c1ccc(-c2coc3ccc4c5cc(-c6c7ccccc7c(-c7cccc8c7c7ccccc7n8-c7ccccc7)c7ccccc67)ccc5oc4c23)cc1. The second-order valence-electron chi connectivity index (χ2n) is 14.4. The van der Waals surface area contributed by atoms with Crippen molar-refractivity contribution in [3.8, 4) is 39.1 Å². The first kappa shape index (κ1) is 30.1. The molecule has 12 aromatic rings. The second-order valence-corrected chi connectivity index (χ2v) is 14.4. The van der Waals surface area contributed by atoms with Crippen LogP contribution in [0.3, 0.4) is 0 Å². The van der Waals surface area contributed by atoms with Crippen molar-refractivity contribution in [2.45, 2.75) is 0 Å². The van der Waals surface area contributed by atoms with Crippen LogP contribution < -0.4 is 0 Å². The molecule has 0 atom stereocenters. The van der Waals surface area contributed by atoms with E-state index < -0.39 is 0 Å². The maximum absolute atomic E-state index is 6.68. The van der Waals surface area contributed by atoms with Crippen molar-refractivity contribution in [3.63, 3.8) is 0 Å². The normalized spacial score (nSPS) is 12.0. The first-order valence-corrected chi connectivity index (χ1v) is 18.8. The number of para-hydroxylation sites is 2. The van der Waals surface area contributed by atoms with E-state index in [1.165, 1.54) is 60.0 Å². The van der Waals surface area contributed by atoms with Crippen molar-refractivity contribution in [3.05, 3.63) is 188 Å². The Morgan fingerprint density at radius 1 is 0.364 bits per heavy atom. The van der Waals surface area contributed by atoms with E-state index in [1.807, 2.05) is 12.3 Å². The van der Waals surface area contributed by atoms with Crippen LogP contribution in [0.25, 0.3) is 115 Å². The van der Waals surface area contributed by atoms with Gasteiger partial charge in [0.1, 0.15) is 16.7 Å². The van der Waals surface area contributed by atoms with E-state index in [-0.39, 0.29) is 0 Å². The molecule has 0 spiro atoms. The van der Waals surface area contributed by atoms with Crippen LogP contribution >= 0.6 is 0 Å². The summed E-state index contributed by atoms with van der Waals surface area (Å²) in [4.78, 5) is 0. The van der Waals surface area contributed by atoms with Gasteiger partial charge in [0.05, 0.1) is 22.7 Å². The molecule has 3 aromatic heterocycles. The fourth-order valence-corrected chi connectivity index (χ4v) is 9.15. The van der Waals surface area contributed by atoms with Crippen molar-refractivity contribution >= 4 is 76.3 Å². The van der Waals surface area contributed by atoms with Crippen LogP contribution in [-0.4, -0.2) is 4.57 Å². The molecule has 0 aliphatic carbocycles. The van der Waals surface area contributed by atoms with Crippen molar-refractivity contribution in [1.82, 2.24) is 4.57 Å². The largest absolute Gasteiger partial charge is 0.464 e. The number of aromatic nitrogens is 1. The lowest BCUT2D eigenvalue weighted by molar-refractivity contribution is 0.616. The molecule has 0 aliphatic heterocycles. The molecule has 0 amide bonds. The third-order valence-corrected chi connectivity index (χ3v) is 11.5. The van der Waals surface area contributed by atoms with E-state index in [0.29, 0.717) is 0 Å². The molecule has 0 unspecified atom stereocenters. The molecule has 0 saturated carbocycles. The van der Waals surface area contributed by atoms with Crippen LogP contribution in [0.2, 0.25) is 0 Å². The fraction of sp³-hybridized carbons (Fsp3) is 0. The molecule has 3 heteroatoms. The molecule has 55 heavy (non-hydrogen) atoms. The average molecular weight is 702 g/mol. The van der Waals surface area contributed by atoms with Gasteiger partial charge < -0.3 is 13.4 Å². The van der Waals surface area contributed by atoms with Crippen LogP contribution in [0.1, 0.15) is 0 Å². The highest BCUT2D eigenvalue weighted by molar-refractivity contribution is 6.27. The van der Waals surface area contributed by atoms with Gasteiger partial charge in [0.15, 0.2) is 0 Å². The van der Waals surface area contributed by atoms with Crippen LogP contribution in [0, 0.1) is 0 Å². The lowest BCUT2D eigenvalue weighted by Crippen LogP contribution is -1.93. The first-order chi connectivity index (χ1) is 27.3. The Hall–Kier alpha value is -7.36. The molecule has 0 saturated heterocycles. The molecule has 3 heterocycles. The molecule has 0 N–H and O–H groups in total. The van der Waals surface area contributed by atoms with Gasteiger partial charge in [0.2, 0.25) is 0 Å². The zero-order valence-electron chi connectivity index (χ0n) is 29.7. The minimum atomic E-state index is 0.820. The van der Waals surface area contributed by atoms with E-state index in [2.05, 4.69) is 180 Å². The third kappa shape index (κ3) is 4.32. The Morgan fingerprint density at radius 3 is 1.73 bits per heavy atom. The van der Waals surface area contributed by atoms with Gasteiger partial charge in [-0.05, 0) is 97.9 Å². The molecule has 0 fully saturated rings. The highest BCUT2D eigenvalue weighted by atomic mass is 16.3. The van der Waals surface area contributed by atoms with E-state index >= 15 is 0 Å². The molecule has 0 bridgehead atoms. The molecular weight excluding hydrogens is 671 g/mol. The number of nitrogens with zero attached hydrogens (tertiary/aromatic N) is 1. The van der Waals surface area contributed by atoms with Crippen molar-refractivity contribution in [2.75, 3.05) is 0 Å². The van der Waals surface area contributed by atoms with Gasteiger partial charge in [-0.2, -0.15) is 0 Å². The topological polar surface area (TPSA) is 31.2 Å². The quantitative estimate of drug-likeness (QED) is 0.171. The van der Waals surface area contributed by atoms with Crippen molar-refractivity contribution < 1.29 is 8.83 Å². The van der Waals surface area contributed by atoms with Gasteiger partial charge >= 0.3 is 0 Å². The number of fused-ring (bicyclic) bond motifs is 10. The summed E-state index contributed by atoms with van der Waals surface area (Å²) in [6.45, 7) is 0. The van der Waals surface area contributed by atoms with Crippen molar-refractivity contribution in [2.24, 2.45) is 0 Å². The molecule has 0 radical (unpaired) electrons. The Bertz CT molecular complexity index is 3420. The summed E-state index contributed by atoms with van der Waals surface area (Å²) in [7, 11) is 0. The van der Waals surface area contributed by atoms with Crippen LogP contribution in [0.15, 0.2) is 197 Å². The number of benzene rings is 9. The maximum Gasteiger partial charge on any atom is 0.147 e. The standard InChI is InChI=1S/C52H31NO2/c1-3-14-32(15-4-1)43-31-54-47-29-27-39-42-30-33(26-28-46(42)55-52(39)51(43)47)48-35-18-7-9-20-37(35)49(38-21-10-8-19-36(38)48)41-23-13-25-45-50(41)40-22-11-12-24-44(40)53(45)34-16-5-2-6-17-34/h1-31H. The van der Waals surface area contributed by atoms with Crippen molar-refractivity contribution in [1.29, 1.82) is 0 Å².